The molecule has 0 spiro atoms. The summed E-state index contributed by atoms with van der Waals surface area (Å²) in [6, 6.07) is 8.77. The molecule has 0 unspecified atom stereocenters. The number of fused-ring (bicyclic) bond motifs is 3. The molecule has 6 nitrogen and oxygen atoms in total. The van der Waals surface area contributed by atoms with Crippen molar-refractivity contribution in [3.8, 4) is 5.75 Å². The monoisotopic (exact) mass is 423 g/mol. The van der Waals surface area contributed by atoms with Crippen LogP contribution >= 0.6 is 0 Å². The highest BCUT2D eigenvalue weighted by atomic mass is 19.1. The maximum absolute atomic E-state index is 14.8. The molecule has 3 aromatic rings. The lowest BCUT2D eigenvalue weighted by Crippen LogP contribution is -2.45. The molecule has 8 heteroatoms. The van der Waals surface area contributed by atoms with Gasteiger partial charge in [0.05, 0.1) is 12.2 Å². The maximum atomic E-state index is 14.8. The Morgan fingerprint density at radius 3 is 2.71 bits per heavy atom. The first-order chi connectivity index (χ1) is 14.9. The number of aryl methyl sites for hydroxylation is 1. The standard InChI is InChI=1S/C23H19F2N3O3/c1-27-11-18(28-21(23(27)31)22(30)19(29)10-26-28)20-15-3-2-4-17(25)14(15)8-6-12-5-7-13(24)9-16(12)20/h2-5,7,9-10,18,20,30H,6,8,11H2,1H3/t18-,20-/m1/s1. The van der Waals surface area contributed by atoms with Crippen molar-refractivity contribution >= 4 is 5.91 Å². The van der Waals surface area contributed by atoms with Crippen LogP contribution in [0.4, 0.5) is 8.78 Å². The summed E-state index contributed by atoms with van der Waals surface area (Å²) in [5.41, 5.74) is 1.81. The average molecular weight is 423 g/mol. The van der Waals surface area contributed by atoms with Gasteiger partial charge >= 0.3 is 0 Å². The quantitative estimate of drug-likeness (QED) is 0.653. The third-order valence-corrected chi connectivity index (χ3v) is 6.27. The van der Waals surface area contributed by atoms with E-state index in [-0.39, 0.29) is 18.1 Å². The molecular weight excluding hydrogens is 404 g/mol. The van der Waals surface area contributed by atoms with Gasteiger partial charge in [0.15, 0.2) is 11.4 Å². The van der Waals surface area contributed by atoms with E-state index in [0.29, 0.717) is 29.5 Å². The normalized spacial score (nSPS) is 20.0. The number of likely N-dealkylation sites (N-methyl/N-ethyl adjacent to an activating group) is 1. The number of hydrogen-bond donors (Lipinski definition) is 1. The summed E-state index contributed by atoms with van der Waals surface area (Å²) >= 11 is 0. The topological polar surface area (TPSA) is 75.4 Å². The molecule has 1 aliphatic heterocycles. The first kappa shape index (κ1) is 19.4. The van der Waals surface area contributed by atoms with Crippen molar-refractivity contribution in [3.05, 3.63) is 92.4 Å². The number of amides is 1. The zero-order valence-electron chi connectivity index (χ0n) is 16.7. The van der Waals surface area contributed by atoms with Crippen molar-refractivity contribution < 1.29 is 18.7 Å². The lowest BCUT2D eigenvalue weighted by Gasteiger charge is -2.38. The smallest absolute Gasteiger partial charge is 0.275 e. The predicted molar refractivity (Wildman–Crippen MR) is 108 cm³/mol. The van der Waals surface area contributed by atoms with E-state index in [4.69, 9.17) is 0 Å². The minimum Gasteiger partial charge on any atom is -0.502 e. The molecule has 0 saturated heterocycles. The fourth-order valence-corrected chi connectivity index (χ4v) is 4.83. The van der Waals surface area contributed by atoms with Crippen molar-refractivity contribution in [3.63, 3.8) is 0 Å². The second-order valence-electron chi connectivity index (χ2n) is 8.03. The SMILES string of the molecule is CN1C[C@H]([C@H]2c3cc(F)ccc3CCc3c(F)cccc32)n2ncc(=O)c(O)c2C1=O. The summed E-state index contributed by atoms with van der Waals surface area (Å²) in [6.07, 6.45) is 1.95. The Kier molecular flexibility index (Phi) is 4.39. The van der Waals surface area contributed by atoms with Crippen LogP contribution < -0.4 is 5.43 Å². The first-order valence-electron chi connectivity index (χ1n) is 9.98. The lowest BCUT2D eigenvalue weighted by atomic mass is 9.81. The highest BCUT2D eigenvalue weighted by molar-refractivity contribution is 5.95. The van der Waals surface area contributed by atoms with Crippen LogP contribution in [0, 0.1) is 11.6 Å². The largest absolute Gasteiger partial charge is 0.502 e. The van der Waals surface area contributed by atoms with E-state index in [9.17, 15) is 23.5 Å². The van der Waals surface area contributed by atoms with Crippen LogP contribution in [-0.4, -0.2) is 39.3 Å². The Bertz CT molecular complexity index is 1290. The molecule has 2 aromatic carbocycles. The van der Waals surface area contributed by atoms with E-state index in [1.54, 1.807) is 19.2 Å². The van der Waals surface area contributed by atoms with E-state index in [1.807, 2.05) is 6.07 Å². The van der Waals surface area contributed by atoms with E-state index in [1.165, 1.54) is 27.8 Å². The van der Waals surface area contributed by atoms with Crippen LogP contribution in [0.1, 0.15) is 44.7 Å². The van der Waals surface area contributed by atoms with Crippen LogP contribution in [0.5, 0.6) is 5.75 Å². The molecule has 0 bridgehead atoms. The number of benzene rings is 2. The molecular formula is C23H19F2N3O3. The van der Waals surface area contributed by atoms with Crippen LogP contribution in [0.3, 0.4) is 0 Å². The van der Waals surface area contributed by atoms with Gasteiger partial charge in [-0.2, -0.15) is 5.10 Å². The summed E-state index contributed by atoms with van der Waals surface area (Å²) in [5.74, 6) is -2.51. The summed E-state index contributed by atoms with van der Waals surface area (Å²) in [6.45, 7) is 0.192. The van der Waals surface area contributed by atoms with Crippen molar-refractivity contribution in [1.82, 2.24) is 14.7 Å². The van der Waals surface area contributed by atoms with Crippen LogP contribution in [0.2, 0.25) is 0 Å². The number of rotatable bonds is 1. The minimum atomic E-state index is -0.757. The van der Waals surface area contributed by atoms with Gasteiger partial charge in [-0.05, 0) is 53.3 Å². The van der Waals surface area contributed by atoms with Gasteiger partial charge in [-0.15, -0.1) is 0 Å². The van der Waals surface area contributed by atoms with Crippen molar-refractivity contribution in [2.24, 2.45) is 0 Å². The molecule has 2 aliphatic rings. The van der Waals surface area contributed by atoms with Crippen LogP contribution in [0.15, 0.2) is 47.4 Å². The molecule has 1 aliphatic carbocycles. The van der Waals surface area contributed by atoms with E-state index in [2.05, 4.69) is 5.10 Å². The predicted octanol–water partition coefficient (Wildman–Crippen LogP) is 2.78. The third kappa shape index (κ3) is 2.93. The molecule has 31 heavy (non-hydrogen) atoms. The molecule has 0 fully saturated rings. The Hall–Kier alpha value is -3.55. The summed E-state index contributed by atoms with van der Waals surface area (Å²) in [5, 5.41) is 14.5. The molecule has 1 N–H and O–H groups in total. The Labute approximate surface area is 176 Å². The summed E-state index contributed by atoms with van der Waals surface area (Å²) in [4.78, 5) is 26.1. The van der Waals surface area contributed by atoms with Gasteiger partial charge < -0.3 is 10.0 Å². The molecule has 5 rings (SSSR count). The van der Waals surface area contributed by atoms with Gasteiger partial charge in [-0.3, -0.25) is 14.3 Å². The van der Waals surface area contributed by atoms with Gasteiger partial charge in [0.2, 0.25) is 5.43 Å². The molecule has 0 saturated carbocycles. The van der Waals surface area contributed by atoms with Crippen LogP contribution in [-0.2, 0) is 12.8 Å². The number of carbonyl (C=O) groups is 1. The Morgan fingerprint density at radius 1 is 1.10 bits per heavy atom. The molecule has 1 aromatic heterocycles. The number of aromatic hydroxyl groups is 1. The third-order valence-electron chi connectivity index (χ3n) is 6.27. The van der Waals surface area contributed by atoms with Gasteiger partial charge in [-0.25, -0.2) is 8.78 Å². The Balaban J connectivity index is 1.82. The fourth-order valence-electron chi connectivity index (χ4n) is 4.83. The fraction of sp³-hybridized carbons (Fsp3) is 0.261. The second-order valence-corrected chi connectivity index (χ2v) is 8.03. The Morgan fingerprint density at radius 2 is 1.90 bits per heavy atom. The number of aromatic nitrogens is 2. The number of carbonyl (C=O) groups excluding carboxylic acids is 1. The van der Waals surface area contributed by atoms with Gasteiger partial charge in [0.25, 0.3) is 5.91 Å². The molecule has 0 radical (unpaired) electrons. The lowest BCUT2D eigenvalue weighted by molar-refractivity contribution is 0.0686. The van der Waals surface area contributed by atoms with E-state index in [0.717, 1.165) is 11.8 Å². The molecule has 1 amide bonds. The summed E-state index contributed by atoms with van der Waals surface area (Å²) < 4.78 is 30.5. The van der Waals surface area contributed by atoms with E-state index < -0.39 is 34.9 Å². The summed E-state index contributed by atoms with van der Waals surface area (Å²) in [7, 11) is 1.56. The van der Waals surface area contributed by atoms with Gasteiger partial charge in [0.1, 0.15) is 11.6 Å². The average Bonchev–Trinajstić information content (AvgIpc) is 2.90. The van der Waals surface area contributed by atoms with Gasteiger partial charge in [-0.1, -0.05) is 18.2 Å². The molecule has 158 valence electrons. The van der Waals surface area contributed by atoms with E-state index >= 15 is 0 Å². The number of halogens is 2. The highest BCUT2D eigenvalue weighted by Gasteiger charge is 2.40. The van der Waals surface area contributed by atoms with Crippen molar-refractivity contribution in [1.29, 1.82) is 0 Å². The highest BCUT2D eigenvalue weighted by Crippen LogP contribution is 2.44. The van der Waals surface area contributed by atoms with Crippen molar-refractivity contribution in [2.45, 2.75) is 24.8 Å². The number of hydrogen-bond acceptors (Lipinski definition) is 4. The first-order valence-corrected chi connectivity index (χ1v) is 9.98. The van der Waals surface area contributed by atoms with Crippen molar-refractivity contribution in [2.75, 3.05) is 13.6 Å². The molecule has 2 atom stereocenters. The number of nitrogens with zero attached hydrogens (tertiary/aromatic N) is 3. The zero-order chi connectivity index (χ0) is 21.9. The van der Waals surface area contributed by atoms with Crippen LogP contribution in [0.25, 0.3) is 0 Å². The van der Waals surface area contributed by atoms with Gasteiger partial charge in [0, 0.05) is 19.5 Å². The second kappa shape index (κ2) is 7.01. The minimum absolute atomic E-state index is 0.192. The zero-order valence-corrected chi connectivity index (χ0v) is 16.7. The maximum Gasteiger partial charge on any atom is 0.275 e. The molecule has 2 heterocycles.